The third-order valence-corrected chi connectivity index (χ3v) is 3.82. The second-order valence-electron chi connectivity index (χ2n) is 4.86. The zero-order valence-electron chi connectivity index (χ0n) is 10.5. The molecule has 3 rings (SSSR count). The van der Waals surface area contributed by atoms with Crippen molar-refractivity contribution in [2.24, 2.45) is 0 Å². The van der Waals surface area contributed by atoms with E-state index in [1.807, 2.05) is 0 Å². The van der Waals surface area contributed by atoms with Crippen LogP contribution in [-0.2, 0) is 10.2 Å². The number of carbonyl (C=O) groups is 2. The highest BCUT2D eigenvalue weighted by Gasteiger charge is 2.50. The maximum Gasteiger partial charge on any atom is 0.319 e. The molecule has 0 fully saturated rings. The van der Waals surface area contributed by atoms with Crippen LogP contribution >= 0.6 is 0 Å². The van der Waals surface area contributed by atoms with Crippen LogP contribution in [0.4, 0.5) is 4.39 Å². The Labute approximate surface area is 114 Å². The Morgan fingerprint density at radius 3 is 2.40 bits per heavy atom. The van der Waals surface area contributed by atoms with Crippen molar-refractivity contribution >= 4 is 11.8 Å². The minimum absolute atomic E-state index is 0.132. The first-order valence-corrected chi connectivity index (χ1v) is 6.18. The Bertz CT molecular complexity index is 706. The lowest BCUT2D eigenvalue weighted by Crippen LogP contribution is -2.35. The molecule has 3 nitrogen and oxygen atoms in total. The Balaban J connectivity index is 2.28. The summed E-state index contributed by atoms with van der Waals surface area (Å²) >= 11 is 0. The molecule has 0 aromatic heterocycles. The normalized spacial score (nSPS) is 20.8. The SMILES string of the molecule is O=C1CC(C(=O)O)(c2ccc(F)cc2)c2ccccc21. The van der Waals surface area contributed by atoms with E-state index < -0.39 is 17.2 Å². The number of carbonyl (C=O) groups excluding carboxylic acids is 1. The molecule has 0 aliphatic heterocycles. The van der Waals surface area contributed by atoms with Crippen molar-refractivity contribution in [2.75, 3.05) is 0 Å². The second kappa shape index (κ2) is 4.27. The summed E-state index contributed by atoms with van der Waals surface area (Å²) in [7, 11) is 0. The number of hydrogen-bond acceptors (Lipinski definition) is 2. The monoisotopic (exact) mass is 270 g/mol. The Hall–Kier alpha value is -2.49. The van der Waals surface area contributed by atoms with Crippen molar-refractivity contribution in [3.63, 3.8) is 0 Å². The third kappa shape index (κ3) is 1.58. The topological polar surface area (TPSA) is 54.4 Å². The van der Waals surface area contributed by atoms with Gasteiger partial charge in [0.2, 0.25) is 0 Å². The molecule has 0 radical (unpaired) electrons. The Kier molecular flexibility index (Phi) is 2.67. The summed E-state index contributed by atoms with van der Waals surface area (Å²) in [6, 6.07) is 12.0. The van der Waals surface area contributed by atoms with Crippen molar-refractivity contribution in [2.45, 2.75) is 11.8 Å². The predicted octanol–water partition coefficient (Wildman–Crippen LogP) is 2.78. The van der Waals surface area contributed by atoms with E-state index in [1.165, 1.54) is 24.3 Å². The molecular formula is C16H11FO3. The van der Waals surface area contributed by atoms with Gasteiger partial charge in [0.25, 0.3) is 0 Å². The van der Waals surface area contributed by atoms with Gasteiger partial charge in [-0.2, -0.15) is 0 Å². The second-order valence-corrected chi connectivity index (χ2v) is 4.86. The van der Waals surface area contributed by atoms with Crippen molar-refractivity contribution < 1.29 is 19.1 Å². The number of Topliss-reactive ketones (excluding diaryl/α,β-unsaturated/α-hetero) is 1. The summed E-state index contributed by atoms with van der Waals surface area (Å²) in [6.07, 6.45) is -0.132. The summed E-state index contributed by atoms with van der Waals surface area (Å²) in [5.74, 6) is -1.73. The fourth-order valence-electron chi connectivity index (χ4n) is 2.84. The standard InChI is InChI=1S/C16H11FO3/c17-11-7-5-10(6-8-11)16(15(19)20)9-14(18)12-3-1-2-4-13(12)16/h1-8H,9H2,(H,19,20). The molecule has 0 amide bonds. The zero-order chi connectivity index (χ0) is 14.3. The average Bonchev–Trinajstić information content (AvgIpc) is 2.75. The highest BCUT2D eigenvalue weighted by Crippen LogP contribution is 2.44. The highest BCUT2D eigenvalue weighted by atomic mass is 19.1. The minimum atomic E-state index is -1.42. The van der Waals surface area contributed by atoms with E-state index in [2.05, 4.69) is 0 Å². The number of ketones is 1. The molecule has 0 saturated heterocycles. The Morgan fingerprint density at radius 1 is 1.10 bits per heavy atom. The van der Waals surface area contributed by atoms with Crippen LogP contribution in [0.15, 0.2) is 48.5 Å². The Morgan fingerprint density at radius 2 is 1.75 bits per heavy atom. The molecular weight excluding hydrogens is 259 g/mol. The number of aliphatic carboxylic acids is 1. The van der Waals surface area contributed by atoms with Crippen LogP contribution in [0, 0.1) is 5.82 Å². The van der Waals surface area contributed by atoms with E-state index in [9.17, 15) is 19.1 Å². The van der Waals surface area contributed by atoms with E-state index in [0.29, 0.717) is 16.7 Å². The number of carboxylic acid groups (broad SMARTS) is 1. The van der Waals surface area contributed by atoms with Crippen LogP contribution in [-0.4, -0.2) is 16.9 Å². The maximum atomic E-state index is 13.1. The first-order chi connectivity index (χ1) is 9.55. The molecule has 1 unspecified atom stereocenters. The summed E-state index contributed by atoms with van der Waals surface area (Å²) < 4.78 is 13.1. The molecule has 0 heterocycles. The zero-order valence-corrected chi connectivity index (χ0v) is 10.5. The minimum Gasteiger partial charge on any atom is -0.480 e. The van der Waals surface area contributed by atoms with Crippen LogP contribution in [0.5, 0.6) is 0 Å². The predicted molar refractivity (Wildman–Crippen MR) is 70.2 cm³/mol. The average molecular weight is 270 g/mol. The van der Waals surface area contributed by atoms with E-state index in [0.717, 1.165) is 0 Å². The number of halogens is 1. The van der Waals surface area contributed by atoms with Gasteiger partial charge in [-0.25, -0.2) is 4.39 Å². The third-order valence-electron chi connectivity index (χ3n) is 3.82. The molecule has 1 atom stereocenters. The lowest BCUT2D eigenvalue weighted by Gasteiger charge is -2.25. The number of benzene rings is 2. The van der Waals surface area contributed by atoms with Crippen LogP contribution in [0.2, 0.25) is 0 Å². The van der Waals surface area contributed by atoms with Crippen LogP contribution in [0.1, 0.15) is 27.9 Å². The van der Waals surface area contributed by atoms with Crippen molar-refractivity contribution in [3.8, 4) is 0 Å². The van der Waals surface area contributed by atoms with Crippen LogP contribution < -0.4 is 0 Å². The summed E-state index contributed by atoms with van der Waals surface area (Å²) in [4.78, 5) is 24.0. The molecule has 0 bridgehead atoms. The molecule has 100 valence electrons. The van der Waals surface area contributed by atoms with Gasteiger partial charge in [-0.1, -0.05) is 36.4 Å². The van der Waals surface area contributed by atoms with Crippen molar-refractivity contribution in [1.29, 1.82) is 0 Å². The fourth-order valence-corrected chi connectivity index (χ4v) is 2.84. The van der Waals surface area contributed by atoms with E-state index >= 15 is 0 Å². The van der Waals surface area contributed by atoms with Gasteiger partial charge in [0, 0.05) is 12.0 Å². The largest absolute Gasteiger partial charge is 0.480 e. The highest BCUT2D eigenvalue weighted by molar-refractivity contribution is 6.09. The molecule has 1 aliphatic rings. The lowest BCUT2D eigenvalue weighted by molar-refractivity contribution is -0.141. The molecule has 2 aromatic carbocycles. The molecule has 0 saturated carbocycles. The lowest BCUT2D eigenvalue weighted by atomic mass is 9.75. The summed E-state index contributed by atoms with van der Waals surface area (Å²) in [6.45, 7) is 0. The summed E-state index contributed by atoms with van der Waals surface area (Å²) in [5.41, 5.74) is -0.0884. The molecule has 1 aliphatic carbocycles. The van der Waals surface area contributed by atoms with Crippen molar-refractivity contribution in [3.05, 3.63) is 71.0 Å². The van der Waals surface area contributed by atoms with Gasteiger partial charge in [-0.05, 0) is 23.3 Å². The van der Waals surface area contributed by atoms with E-state index in [-0.39, 0.29) is 12.2 Å². The first-order valence-electron chi connectivity index (χ1n) is 6.18. The van der Waals surface area contributed by atoms with Gasteiger partial charge in [0.05, 0.1) is 0 Å². The molecule has 1 N–H and O–H groups in total. The van der Waals surface area contributed by atoms with Gasteiger partial charge >= 0.3 is 5.97 Å². The number of rotatable bonds is 2. The number of hydrogen-bond donors (Lipinski definition) is 1. The quantitative estimate of drug-likeness (QED) is 0.913. The molecule has 0 spiro atoms. The van der Waals surface area contributed by atoms with Gasteiger partial charge in [0.15, 0.2) is 5.78 Å². The molecule has 4 heteroatoms. The first kappa shape index (κ1) is 12.5. The van der Waals surface area contributed by atoms with Gasteiger partial charge < -0.3 is 5.11 Å². The molecule has 20 heavy (non-hydrogen) atoms. The smallest absolute Gasteiger partial charge is 0.319 e. The number of carboxylic acids is 1. The number of fused-ring (bicyclic) bond motifs is 1. The van der Waals surface area contributed by atoms with Crippen molar-refractivity contribution in [1.82, 2.24) is 0 Å². The summed E-state index contributed by atoms with van der Waals surface area (Å²) in [5, 5.41) is 9.71. The van der Waals surface area contributed by atoms with E-state index in [1.54, 1.807) is 24.3 Å². The van der Waals surface area contributed by atoms with Crippen LogP contribution in [0.3, 0.4) is 0 Å². The van der Waals surface area contributed by atoms with Gasteiger partial charge in [-0.3, -0.25) is 9.59 Å². The maximum absolute atomic E-state index is 13.1. The van der Waals surface area contributed by atoms with Gasteiger partial charge in [0.1, 0.15) is 11.2 Å². The van der Waals surface area contributed by atoms with Crippen LogP contribution in [0.25, 0.3) is 0 Å². The fraction of sp³-hybridized carbons (Fsp3) is 0.125. The van der Waals surface area contributed by atoms with Gasteiger partial charge in [-0.15, -0.1) is 0 Å². The van der Waals surface area contributed by atoms with E-state index in [4.69, 9.17) is 0 Å². The molecule has 2 aromatic rings.